The Balaban J connectivity index is 1.73. The van der Waals surface area contributed by atoms with E-state index in [9.17, 15) is 19.7 Å². The van der Waals surface area contributed by atoms with Gasteiger partial charge < -0.3 is 5.32 Å². The van der Waals surface area contributed by atoms with Gasteiger partial charge in [0.2, 0.25) is 11.8 Å². The monoisotopic (exact) mass is 452 g/mol. The molecule has 1 aliphatic rings. The fourth-order valence-electron chi connectivity index (χ4n) is 2.59. The summed E-state index contributed by atoms with van der Waals surface area (Å²) in [4.78, 5) is 41.1. The summed E-state index contributed by atoms with van der Waals surface area (Å²) in [5.41, 5.74) is 0.262. The molecule has 2 amide bonds. The number of nitro groups is 1. The standard InChI is InChI=1S/C18H14Cl2N4O4S/c1-23-17(26)14(29-18(23)22-12-7-4-5-10(19)16(12)20)9-15(25)21-11-6-2-3-8-13(11)24(27)28/h2-8,14H,9H2,1H3,(H,21,25)/t14-/m1/s1. The molecule has 0 unspecified atom stereocenters. The number of thioether (sulfide) groups is 1. The number of nitrogens with zero attached hydrogens (tertiary/aromatic N) is 3. The molecule has 1 N–H and O–H groups in total. The highest BCUT2D eigenvalue weighted by Gasteiger charge is 2.37. The van der Waals surface area contributed by atoms with Gasteiger partial charge in [0.25, 0.3) is 5.69 Å². The zero-order valence-corrected chi connectivity index (χ0v) is 17.3. The van der Waals surface area contributed by atoms with Gasteiger partial charge in [-0.2, -0.15) is 0 Å². The van der Waals surface area contributed by atoms with E-state index in [2.05, 4.69) is 10.3 Å². The first-order valence-corrected chi connectivity index (χ1v) is 9.91. The molecule has 0 bridgehead atoms. The highest BCUT2D eigenvalue weighted by molar-refractivity contribution is 8.15. The number of nitro benzene ring substituents is 1. The van der Waals surface area contributed by atoms with E-state index in [1.54, 1.807) is 31.3 Å². The largest absolute Gasteiger partial charge is 0.320 e. The van der Waals surface area contributed by atoms with Crippen LogP contribution in [-0.2, 0) is 9.59 Å². The van der Waals surface area contributed by atoms with Crippen LogP contribution in [0.4, 0.5) is 17.1 Å². The summed E-state index contributed by atoms with van der Waals surface area (Å²) in [6.45, 7) is 0. The molecular formula is C18H14Cl2N4O4S. The Hall–Kier alpha value is -2.62. The van der Waals surface area contributed by atoms with Crippen molar-refractivity contribution in [3.8, 4) is 0 Å². The average molecular weight is 453 g/mol. The number of hydrogen-bond donors (Lipinski definition) is 1. The number of aliphatic imine (C=N–C) groups is 1. The maximum atomic E-state index is 12.5. The van der Waals surface area contributed by atoms with E-state index in [0.717, 1.165) is 11.8 Å². The zero-order valence-electron chi connectivity index (χ0n) is 15.0. The highest BCUT2D eigenvalue weighted by atomic mass is 35.5. The van der Waals surface area contributed by atoms with Crippen molar-refractivity contribution in [1.82, 2.24) is 4.90 Å². The molecule has 2 aromatic rings. The number of carbonyl (C=O) groups is 2. The van der Waals surface area contributed by atoms with Crippen LogP contribution >= 0.6 is 35.0 Å². The molecule has 0 aromatic heterocycles. The SMILES string of the molecule is CN1C(=O)[C@@H](CC(=O)Nc2ccccc2[N+](=O)[O-])SC1=Nc1cccc(Cl)c1Cl. The predicted octanol–water partition coefficient (Wildman–Crippen LogP) is 4.49. The number of carbonyl (C=O) groups excluding carboxylic acids is 2. The second-order valence-corrected chi connectivity index (χ2v) is 7.95. The Morgan fingerprint density at radius 2 is 2.00 bits per heavy atom. The van der Waals surface area contributed by atoms with E-state index < -0.39 is 16.1 Å². The summed E-state index contributed by atoms with van der Waals surface area (Å²) in [5, 5.41) is 13.8. The van der Waals surface area contributed by atoms with E-state index in [4.69, 9.17) is 23.2 Å². The fraction of sp³-hybridized carbons (Fsp3) is 0.167. The van der Waals surface area contributed by atoms with Gasteiger partial charge in [0.15, 0.2) is 5.17 Å². The van der Waals surface area contributed by atoms with Crippen LogP contribution in [0.25, 0.3) is 0 Å². The molecule has 1 heterocycles. The number of amides is 2. The number of rotatable bonds is 5. The second kappa shape index (κ2) is 8.81. The van der Waals surface area contributed by atoms with Gasteiger partial charge in [0.1, 0.15) is 10.9 Å². The summed E-state index contributed by atoms with van der Waals surface area (Å²) in [5.74, 6) is -0.815. The average Bonchev–Trinajstić information content (AvgIpc) is 2.93. The molecule has 0 radical (unpaired) electrons. The van der Waals surface area contributed by atoms with E-state index in [-0.39, 0.29) is 28.7 Å². The first kappa shape index (κ1) is 21.1. The maximum absolute atomic E-state index is 12.5. The molecule has 3 rings (SSSR count). The first-order valence-electron chi connectivity index (χ1n) is 8.28. The Morgan fingerprint density at radius 1 is 1.28 bits per heavy atom. The number of anilines is 1. The number of nitrogens with one attached hydrogen (secondary N) is 1. The zero-order chi connectivity index (χ0) is 21.1. The Morgan fingerprint density at radius 3 is 2.72 bits per heavy atom. The summed E-state index contributed by atoms with van der Waals surface area (Å²) in [6.07, 6.45) is -0.164. The van der Waals surface area contributed by atoms with Crippen molar-refractivity contribution < 1.29 is 14.5 Å². The van der Waals surface area contributed by atoms with Crippen LogP contribution in [0, 0.1) is 10.1 Å². The first-order chi connectivity index (χ1) is 13.8. The number of benzene rings is 2. The van der Waals surface area contributed by atoms with Crippen molar-refractivity contribution in [3.05, 3.63) is 62.6 Å². The number of hydrogen-bond acceptors (Lipinski definition) is 6. The van der Waals surface area contributed by atoms with Crippen molar-refractivity contribution in [2.75, 3.05) is 12.4 Å². The molecule has 1 aliphatic heterocycles. The minimum atomic E-state index is -0.709. The van der Waals surface area contributed by atoms with Gasteiger partial charge in [0, 0.05) is 19.5 Å². The van der Waals surface area contributed by atoms with Gasteiger partial charge >= 0.3 is 0 Å². The molecule has 29 heavy (non-hydrogen) atoms. The molecule has 1 saturated heterocycles. The van der Waals surface area contributed by atoms with Crippen molar-refractivity contribution >= 4 is 69.0 Å². The van der Waals surface area contributed by atoms with Crippen molar-refractivity contribution in [2.24, 2.45) is 4.99 Å². The van der Waals surface area contributed by atoms with Gasteiger partial charge in [-0.05, 0) is 18.2 Å². The van der Waals surface area contributed by atoms with E-state index in [0.29, 0.717) is 15.9 Å². The quantitative estimate of drug-likeness (QED) is 0.531. The Labute approximate surface area is 180 Å². The Kier molecular flexibility index (Phi) is 6.41. The molecule has 1 atom stereocenters. The third-order valence-electron chi connectivity index (χ3n) is 4.03. The van der Waals surface area contributed by atoms with E-state index in [1.807, 2.05) is 0 Å². The van der Waals surface area contributed by atoms with Crippen molar-refractivity contribution in [2.45, 2.75) is 11.7 Å². The lowest BCUT2D eigenvalue weighted by molar-refractivity contribution is -0.383. The third kappa shape index (κ3) is 4.69. The molecule has 8 nitrogen and oxygen atoms in total. The topological polar surface area (TPSA) is 105 Å². The molecule has 2 aromatic carbocycles. The number of halogens is 2. The molecule has 11 heteroatoms. The van der Waals surface area contributed by atoms with Crippen LogP contribution in [0.5, 0.6) is 0 Å². The summed E-state index contributed by atoms with van der Waals surface area (Å²) in [7, 11) is 1.55. The minimum absolute atomic E-state index is 0.0749. The third-order valence-corrected chi connectivity index (χ3v) is 6.07. The number of amidine groups is 1. The summed E-state index contributed by atoms with van der Waals surface area (Å²) >= 11 is 13.2. The smallest absolute Gasteiger partial charge is 0.292 e. The lowest BCUT2D eigenvalue weighted by atomic mass is 10.2. The minimum Gasteiger partial charge on any atom is -0.320 e. The van der Waals surface area contributed by atoms with Crippen molar-refractivity contribution in [3.63, 3.8) is 0 Å². The molecule has 0 saturated carbocycles. The number of para-hydroxylation sites is 2. The van der Waals surface area contributed by atoms with Gasteiger partial charge in [-0.25, -0.2) is 4.99 Å². The predicted molar refractivity (Wildman–Crippen MR) is 114 cm³/mol. The lowest BCUT2D eigenvalue weighted by Crippen LogP contribution is -2.30. The van der Waals surface area contributed by atoms with Crippen LogP contribution in [0.2, 0.25) is 10.0 Å². The van der Waals surface area contributed by atoms with E-state index >= 15 is 0 Å². The van der Waals surface area contributed by atoms with Crippen LogP contribution in [-0.4, -0.2) is 39.1 Å². The van der Waals surface area contributed by atoms with Gasteiger partial charge in [-0.1, -0.05) is 53.2 Å². The van der Waals surface area contributed by atoms with Gasteiger partial charge in [0.05, 0.1) is 20.7 Å². The normalized spacial score (nSPS) is 17.6. The summed E-state index contributed by atoms with van der Waals surface area (Å²) < 4.78 is 0. The van der Waals surface area contributed by atoms with Gasteiger partial charge in [-0.3, -0.25) is 24.6 Å². The van der Waals surface area contributed by atoms with Crippen LogP contribution in [0.1, 0.15) is 6.42 Å². The van der Waals surface area contributed by atoms with Gasteiger partial charge in [-0.15, -0.1) is 0 Å². The van der Waals surface area contributed by atoms with Crippen LogP contribution in [0.15, 0.2) is 47.5 Å². The fourth-order valence-corrected chi connectivity index (χ4v) is 4.07. The highest BCUT2D eigenvalue weighted by Crippen LogP contribution is 2.36. The molecule has 0 spiro atoms. The van der Waals surface area contributed by atoms with Crippen LogP contribution in [0.3, 0.4) is 0 Å². The maximum Gasteiger partial charge on any atom is 0.292 e. The molecule has 0 aliphatic carbocycles. The molecule has 1 fully saturated rings. The lowest BCUT2D eigenvalue weighted by Gasteiger charge is -2.09. The molecule has 150 valence electrons. The van der Waals surface area contributed by atoms with Crippen LogP contribution < -0.4 is 5.32 Å². The molecular weight excluding hydrogens is 439 g/mol. The second-order valence-electron chi connectivity index (χ2n) is 6.00. The summed E-state index contributed by atoms with van der Waals surface area (Å²) in [6, 6.07) is 10.8. The van der Waals surface area contributed by atoms with Crippen molar-refractivity contribution in [1.29, 1.82) is 0 Å². The Bertz CT molecular complexity index is 1030. The van der Waals surface area contributed by atoms with E-state index in [1.165, 1.54) is 23.1 Å².